The summed E-state index contributed by atoms with van der Waals surface area (Å²) < 4.78 is 6.94. The molecule has 1 unspecified atom stereocenters. The number of anilines is 1. The number of carboxylic acids is 1. The van der Waals surface area contributed by atoms with Gasteiger partial charge in [0.25, 0.3) is 0 Å². The summed E-state index contributed by atoms with van der Waals surface area (Å²) in [6, 6.07) is 13.3. The van der Waals surface area contributed by atoms with Crippen molar-refractivity contribution < 1.29 is 19.4 Å². The minimum absolute atomic E-state index is 0.162. The van der Waals surface area contributed by atoms with Crippen LogP contribution >= 0.6 is 11.6 Å². The number of carbonyl (C=O) groups excluding carboxylic acids is 1. The summed E-state index contributed by atoms with van der Waals surface area (Å²) in [7, 11) is 0. The van der Waals surface area contributed by atoms with Crippen LogP contribution < -0.4 is 5.32 Å². The van der Waals surface area contributed by atoms with E-state index >= 15 is 0 Å². The molecule has 0 aliphatic heterocycles. The lowest BCUT2D eigenvalue weighted by Gasteiger charge is -2.16. The molecular weight excluding hydrogens is 382 g/mol. The average Bonchev–Trinajstić information content (AvgIpc) is 3.02. The van der Waals surface area contributed by atoms with E-state index in [1.54, 1.807) is 50.4 Å². The summed E-state index contributed by atoms with van der Waals surface area (Å²) >= 11 is 6.14. The van der Waals surface area contributed by atoms with Crippen LogP contribution in [0.15, 0.2) is 54.7 Å². The van der Waals surface area contributed by atoms with Crippen LogP contribution in [0.2, 0.25) is 5.02 Å². The third-order valence-corrected chi connectivity index (χ3v) is 4.50. The fourth-order valence-electron chi connectivity index (χ4n) is 2.68. The summed E-state index contributed by atoms with van der Waals surface area (Å²) in [5.41, 5.74) is 2.20. The summed E-state index contributed by atoms with van der Waals surface area (Å²) in [6.07, 6.45) is 0.401. The van der Waals surface area contributed by atoms with Gasteiger partial charge in [-0.15, -0.1) is 0 Å². The molecule has 0 saturated heterocycles. The zero-order valence-corrected chi connectivity index (χ0v) is 16.0. The number of benzene rings is 2. The average molecular weight is 400 g/mol. The Hall–Kier alpha value is -3.32. The molecule has 3 aromatic rings. The van der Waals surface area contributed by atoms with Gasteiger partial charge in [-0.3, -0.25) is 5.32 Å². The van der Waals surface area contributed by atoms with Crippen LogP contribution in [0.1, 0.15) is 34.5 Å². The largest absolute Gasteiger partial charge is 0.478 e. The van der Waals surface area contributed by atoms with E-state index in [-0.39, 0.29) is 5.56 Å². The molecule has 0 fully saturated rings. The predicted octanol–water partition coefficient (Wildman–Crippen LogP) is 4.84. The van der Waals surface area contributed by atoms with Gasteiger partial charge >= 0.3 is 12.1 Å². The molecule has 144 valence electrons. The molecule has 0 aliphatic rings. The molecule has 0 aliphatic carbocycles. The summed E-state index contributed by atoms with van der Waals surface area (Å²) in [5, 5.41) is 16.5. The Labute approximate surface area is 166 Å². The second-order valence-corrected chi connectivity index (χ2v) is 6.54. The van der Waals surface area contributed by atoms with Crippen molar-refractivity contribution in [2.24, 2.45) is 0 Å². The van der Waals surface area contributed by atoms with Gasteiger partial charge in [0, 0.05) is 16.1 Å². The molecule has 1 heterocycles. The number of nitrogens with one attached hydrogen (secondary N) is 1. The highest BCUT2D eigenvalue weighted by Crippen LogP contribution is 2.26. The molecule has 2 N–H and O–H groups in total. The number of carboxylic acid groups (broad SMARTS) is 1. The number of rotatable bonds is 5. The van der Waals surface area contributed by atoms with Crippen molar-refractivity contribution in [1.82, 2.24) is 9.78 Å². The molecule has 2 aromatic carbocycles. The quantitative estimate of drug-likeness (QED) is 0.640. The molecule has 0 radical (unpaired) electrons. The molecule has 1 aromatic heterocycles. The Bertz CT molecular complexity index is 1010. The molecule has 1 atom stereocenters. The Morgan fingerprint density at radius 2 is 1.86 bits per heavy atom. The van der Waals surface area contributed by atoms with E-state index in [0.717, 1.165) is 5.56 Å². The number of ether oxygens (including phenoxy) is 1. The fourth-order valence-corrected chi connectivity index (χ4v) is 2.97. The van der Waals surface area contributed by atoms with Gasteiger partial charge in [0.15, 0.2) is 0 Å². The highest BCUT2D eigenvalue weighted by Gasteiger charge is 2.18. The van der Waals surface area contributed by atoms with Gasteiger partial charge in [-0.2, -0.15) is 5.10 Å². The lowest BCUT2D eigenvalue weighted by Crippen LogP contribution is -2.19. The van der Waals surface area contributed by atoms with Gasteiger partial charge in [0.05, 0.1) is 17.4 Å². The Balaban J connectivity index is 1.77. The van der Waals surface area contributed by atoms with Crippen molar-refractivity contribution in [1.29, 1.82) is 0 Å². The highest BCUT2D eigenvalue weighted by molar-refractivity contribution is 6.31. The van der Waals surface area contributed by atoms with Gasteiger partial charge in [-0.1, -0.05) is 29.8 Å². The van der Waals surface area contributed by atoms with Crippen LogP contribution in [0.5, 0.6) is 0 Å². The van der Waals surface area contributed by atoms with E-state index in [1.807, 2.05) is 6.07 Å². The van der Waals surface area contributed by atoms with Gasteiger partial charge < -0.3 is 9.84 Å². The topological polar surface area (TPSA) is 93.5 Å². The van der Waals surface area contributed by atoms with Crippen molar-refractivity contribution in [2.45, 2.75) is 20.0 Å². The fraction of sp³-hybridized carbons (Fsp3) is 0.150. The van der Waals surface area contributed by atoms with Crippen LogP contribution in [0.25, 0.3) is 5.69 Å². The number of aromatic nitrogens is 2. The van der Waals surface area contributed by atoms with E-state index in [9.17, 15) is 9.59 Å². The van der Waals surface area contributed by atoms with Crippen LogP contribution in [-0.2, 0) is 4.74 Å². The van der Waals surface area contributed by atoms with Crippen molar-refractivity contribution in [2.75, 3.05) is 5.32 Å². The molecule has 1 amide bonds. The van der Waals surface area contributed by atoms with Gasteiger partial charge in [0.1, 0.15) is 11.9 Å². The Kier molecular flexibility index (Phi) is 5.65. The van der Waals surface area contributed by atoms with Crippen LogP contribution in [0.3, 0.4) is 0 Å². The molecule has 0 spiro atoms. The first-order chi connectivity index (χ1) is 13.4. The second-order valence-electron chi connectivity index (χ2n) is 6.13. The third kappa shape index (κ3) is 4.15. The van der Waals surface area contributed by atoms with Gasteiger partial charge in [0.2, 0.25) is 0 Å². The molecule has 28 heavy (non-hydrogen) atoms. The Morgan fingerprint density at radius 3 is 2.50 bits per heavy atom. The molecule has 3 rings (SSSR count). The maximum atomic E-state index is 12.4. The van der Waals surface area contributed by atoms with Crippen LogP contribution in [0, 0.1) is 6.92 Å². The maximum Gasteiger partial charge on any atom is 0.413 e. The number of aryl methyl sites for hydroxylation is 1. The predicted molar refractivity (Wildman–Crippen MR) is 105 cm³/mol. The first-order valence-corrected chi connectivity index (χ1v) is 8.85. The zero-order chi connectivity index (χ0) is 20.3. The zero-order valence-electron chi connectivity index (χ0n) is 15.2. The van der Waals surface area contributed by atoms with Gasteiger partial charge in [-0.05, 0) is 44.2 Å². The summed E-state index contributed by atoms with van der Waals surface area (Å²) in [4.78, 5) is 23.4. The number of hydrogen-bond acceptors (Lipinski definition) is 4. The first-order valence-electron chi connectivity index (χ1n) is 8.47. The Morgan fingerprint density at radius 1 is 1.18 bits per heavy atom. The molecule has 7 nitrogen and oxygen atoms in total. The number of carbonyl (C=O) groups is 2. The van der Waals surface area contributed by atoms with E-state index in [2.05, 4.69) is 10.4 Å². The van der Waals surface area contributed by atoms with Crippen LogP contribution in [-0.4, -0.2) is 26.9 Å². The van der Waals surface area contributed by atoms with E-state index < -0.39 is 18.2 Å². The first kappa shape index (κ1) is 19.4. The summed E-state index contributed by atoms with van der Waals surface area (Å²) in [6.45, 7) is 3.53. The number of halogens is 1. The lowest BCUT2D eigenvalue weighted by molar-refractivity contribution is 0.0696. The molecule has 0 bridgehead atoms. The van der Waals surface area contributed by atoms with Crippen molar-refractivity contribution in [3.8, 4) is 5.69 Å². The molecule has 0 saturated carbocycles. The number of amides is 1. The van der Waals surface area contributed by atoms with Crippen molar-refractivity contribution in [3.05, 3.63) is 76.4 Å². The minimum atomic E-state index is -1.02. The normalized spacial score (nSPS) is 11.7. The van der Waals surface area contributed by atoms with Crippen molar-refractivity contribution in [3.63, 3.8) is 0 Å². The number of aromatic carboxylic acids is 1. The SMILES string of the molecule is Cc1cnn(-c2ccc(C(=O)O)cc2)c1NC(=O)OC(C)c1ccccc1Cl. The third-order valence-electron chi connectivity index (χ3n) is 4.16. The number of hydrogen-bond donors (Lipinski definition) is 2. The second kappa shape index (κ2) is 8.14. The van der Waals surface area contributed by atoms with Crippen LogP contribution in [0.4, 0.5) is 10.6 Å². The van der Waals surface area contributed by atoms with Crippen molar-refractivity contribution >= 4 is 29.5 Å². The highest BCUT2D eigenvalue weighted by atomic mass is 35.5. The van der Waals surface area contributed by atoms with E-state index in [4.69, 9.17) is 21.4 Å². The standard InChI is InChI=1S/C20H18ClN3O4/c1-12-11-22-24(15-9-7-14(8-10-15)19(25)26)18(12)23-20(27)28-13(2)16-5-3-4-6-17(16)21/h3-11,13H,1-2H3,(H,23,27)(H,25,26). The lowest BCUT2D eigenvalue weighted by atomic mass is 10.1. The molecular formula is C20H18ClN3O4. The van der Waals surface area contributed by atoms with E-state index in [1.165, 1.54) is 16.8 Å². The smallest absolute Gasteiger partial charge is 0.413 e. The van der Waals surface area contributed by atoms with E-state index in [0.29, 0.717) is 22.1 Å². The molecule has 8 heteroatoms. The van der Waals surface area contributed by atoms with Gasteiger partial charge in [-0.25, -0.2) is 14.3 Å². The summed E-state index contributed by atoms with van der Waals surface area (Å²) in [5.74, 6) is -0.585. The maximum absolute atomic E-state index is 12.4. The monoisotopic (exact) mass is 399 g/mol. The number of nitrogens with zero attached hydrogens (tertiary/aromatic N) is 2. The minimum Gasteiger partial charge on any atom is -0.478 e.